The van der Waals surface area contributed by atoms with Crippen molar-refractivity contribution < 1.29 is 4.79 Å². The first-order chi connectivity index (χ1) is 9.11. The summed E-state index contributed by atoms with van der Waals surface area (Å²) in [5, 5.41) is 7.17. The van der Waals surface area contributed by atoms with Crippen molar-refractivity contribution in [1.29, 1.82) is 0 Å². The van der Waals surface area contributed by atoms with Gasteiger partial charge in [-0.05, 0) is 18.6 Å². The third-order valence-electron chi connectivity index (χ3n) is 2.61. The van der Waals surface area contributed by atoms with Gasteiger partial charge in [0.2, 0.25) is 0 Å². The Balaban J connectivity index is 2.05. The Labute approximate surface area is 120 Å². The van der Waals surface area contributed by atoms with Crippen LogP contribution in [0, 0.1) is 6.92 Å². The summed E-state index contributed by atoms with van der Waals surface area (Å²) in [6.07, 6.45) is 0. The number of carbonyl (C=O) groups excluding carboxylic acids is 1. The van der Waals surface area contributed by atoms with E-state index in [9.17, 15) is 4.79 Å². The van der Waals surface area contributed by atoms with Gasteiger partial charge in [-0.3, -0.25) is 4.79 Å². The fourth-order valence-electron chi connectivity index (χ4n) is 1.61. The van der Waals surface area contributed by atoms with Crippen LogP contribution in [0.4, 0.5) is 5.13 Å². The Morgan fingerprint density at radius 1 is 1.42 bits per heavy atom. The summed E-state index contributed by atoms with van der Waals surface area (Å²) >= 11 is 7.38. The lowest BCUT2D eigenvalue weighted by atomic mass is 10.2. The van der Waals surface area contributed by atoms with Crippen LogP contribution < -0.4 is 10.6 Å². The fraction of sp³-hybridized carbons (Fsp3) is 0.231. The second-order valence-electron chi connectivity index (χ2n) is 3.96. The number of amides is 1. The van der Waals surface area contributed by atoms with Crippen molar-refractivity contribution in [1.82, 2.24) is 10.3 Å². The number of hydrogen-bond donors (Lipinski definition) is 2. The molecule has 2 rings (SSSR count). The number of benzene rings is 1. The Morgan fingerprint density at radius 3 is 2.79 bits per heavy atom. The summed E-state index contributed by atoms with van der Waals surface area (Å²) in [5.41, 5.74) is 1.62. The third-order valence-corrected chi connectivity index (χ3v) is 4.16. The van der Waals surface area contributed by atoms with Crippen LogP contribution in [0.3, 0.4) is 0 Å². The molecule has 100 valence electrons. The van der Waals surface area contributed by atoms with E-state index >= 15 is 0 Å². The zero-order chi connectivity index (χ0) is 13.8. The van der Waals surface area contributed by atoms with Gasteiger partial charge in [0.25, 0.3) is 5.91 Å². The van der Waals surface area contributed by atoms with E-state index in [4.69, 9.17) is 11.6 Å². The number of rotatable bonds is 4. The molecule has 0 aliphatic rings. The van der Waals surface area contributed by atoms with Gasteiger partial charge in [0.1, 0.15) is 4.88 Å². The molecule has 4 nitrogen and oxygen atoms in total. The molecule has 0 radical (unpaired) electrons. The first kappa shape index (κ1) is 13.8. The zero-order valence-electron chi connectivity index (χ0n) is 10.7. The van der Waals surface area contributed by atoms with Gasteiger partial charge in [-0.1, -0.05) is 41.1 Å². The maximum atomic E-state index is 12.1. The molecule has 6 heteroatoms. The lowest BCUT2D eigenvalue weighted by Crippen LogP contribution is -2.22. The highest BCUT2D eigenvalue weighted by molar-refractivity contribution is 7.17. The highest BCUT2D eigenvalue weighted by Crippen LogP contribution is 2.22. The van der Waals surface area contributed by atoms with Gasteiger partial charge in [0.05, 0.1) is 5.69 Å². The van der Waals surface area contributed by atoms with Gasteiger partial charge in [0.15, 0.2) is 5.13 Å². The summed E-state index contributed by atoms with van der Waals surface area (Å²) < 4.78 is 0. The Bertz CT molecular complexity index is 597. The van der Waals surface area contributed by atoms with Gasteiger partial charge in [-0.15, -0.1) is 0 Å². The summed E-state index contributed by atoms with van der Waals surface area (Å²) in [6.45, 7) is 2.23. The van der Waals surface area contributed by atoms with E-state index in [1.165, 1.54) is 11.3 Å². The normalized spacial score (nSPS) is 10.3. The van der Waals surface area contributed by atoms with Crippen molar-refractivity contribution in [2.75, 3.05) is 12.4 Å². The van der Waals surface area contributed by atoms with Gasteiger partial charge >= 0.3 is 0 Å². The van der Waals surface area contributed by atoms with Gasteiger partial charge in [-0.25, -0.2) is 4.98 Å². The molecule has 0 spiro atoms. The smallest absolute Gasteiger partial charge is 0.263 e. The van der Waals surface area contributed by atoms with E-state index in [1.807, 2.05) is 25.1 Å². The number of nitrogens with one attached hydrogen (secondary N) is 2. The minimum absolute atomic E-state index is 0.128. The molecule has 2 aromatic rings. The van der Waals surface area contributed by atoms with Crippen molar-refractivity contribution >= 4 is 34.0 Å². The minimum Gasteiger partial charge on any atom is -0.365 e. The molecular formula is C13H14ClN3OS. The van der Waals surface area contributed by atoms with E-state index in [0.717, 1.165) is 16.4 Å². The molecule has 0 atom stereocenters. The van der Waals surface area contributed by atoms with Gasteiger partial charge < -0.3 is 10.6 Å². The predicted molar refractivity (Wildman–Crippen MR) is 79.0 cm³/mol. The molecule has 0 saturated heterocycles. The highest BCUT2D eigenvalue weighted by atomic mass is 35.5. The van der Waals surface area contributed by atoms with Crippen molar-refractivity contribution in [3.8, 4) is 0 Å². The molecule has 19 heavy (non-hydrogen) atoms. The first-order valence-electron chi connectivity index (χ1n) is 5.78. The molecule has 0 aliphatic heterocycles. The lowest BCUT2D eigenvalue weighted by molar-refractivity contribution is 0.0954. The quantitative estimate of drug-likeness (QED) is 0.911. The Hall–Kier alpha value is -1.59. The first-order valence-corrected chi connectivity index (χ1v) is 6.98. The second-order valence-corrected chi connectivity index (χ2v) is 5.36. The molecule has 2 N–H and O–H groups in total. The average molecular weight is 296 g/mol. The molecule has 1 amide bonds. The SMILES string of the molecule is CNc1nc(C)c(C(=O)NCc2ccccc2Cl)s1. The van der Waals surface area contributed by atoms with Crippen LogP contribution in [0.5, 0.6) is 0 Å². The maximum Gasteiger partial charge on any atom is 0.263 e. The fourth-order valence-corrected chi connectivity index (χ4v) is 2.65. The summed E-state index contributed by atoms with van der Waals surface area (Å²) in [7, 11) is 1.78. The summed E-state index contributed by atoms with van der Waals surface area (Å²) in [6, 6.07) is 7.45. The number of halogens is 1. The van der Waals surface area contributed by atoms with E-state index in [2.05, 4.69) is 15.6 Å². The minimum atomic E-state index is -0.128. The highest BCUT2D eigenvalue weighted by Gasteiger charge is 2.14. The topological polar surface area (TPSA) is 54.0 Å². The van der Waals surface area contributed by atoms with Crippen LogP contribution in [-0.2, 0) is 6.54 Å². The molecule has 1 aromatic heterocycles. The monoisotopic (exact) mass is 295 g/mol. The molecular weight excluding hydrogens is 282 g/mol. The molecule has 1 aromatic carbocycles. The van der Waals surface area contributed by atoms with Crippen LogP contribution in [-0.4, -0.2) is 17.9 Å². The van der Waals surface area contributed by atoms with Gasteiger partial charge in [0, 0.05) is 18.6 Å². The van der Waals surface area contributed by atoms with Crippen molar-refractivity contribution in [3.05, 3.63) is 45.4 Å². The van der Waals surface area contributed by atoms with Crippen molar-refractivity contribution in [2.45, 2.75) is 13.5 Å². The Kier molecular flexibility index (Phi) is 4.39. The number of aryl methyl sites for hydroxylation is 1. The van der Waals surface area contributed by atoms with Crippen molar-refractivity contribution in [3.63, 3.8) is 0 Å². The van der Waals surface area contributed by atoms with E-state index in [0.29, 0.717) is 16.4 Å². The number of anilines is 1. The third kappa shape index (κ3) is 3.24. The van der Waals surface area contributed by atoms with E-state index in [1.54, 1.807) is 13.1 Å². The molecule has 1 heterocycles. The van der Waals surface area contributed by atoms with Crippen LogP contribution in [0.1, 0.15) is 20.9 Å². The van der Waals surface area contributed by atoms with E-state index in [-0.39, 0.29) is 5.91 Å². The number of carbonyl (C=O) groups is 1. The lowest BCUT2D eigenvalue weighted by Gasteiger charge is -2.05. The van der Waals surface area contributed by atoms with Crippen LogP contribution in [0.25, 0.3) is 0 Å². The van der Waals surface area contributed by atoms with Crippen LogP contribution in [0.15, 0.2) is 24.3 Å². The molecule has 0 unspecified atom stereocenters. The molecule has 0 saturated carbocycles. The van der Waals surface area contributed by atoms with Crippen LogP contribution >= 0.6 is 22.9 Å². The van der Waals surface area contributed by atoms with Crippen molar-refractivity contribution in [2.24, 2.45) is 0 Å². The number of aromatic nitrogens is 1. The van der Waals surface area contributed by atoms with E-state index < -0.39 is 0 Å². The number of hydrogen-bond acceptors (Lipinski definition) is 4. The second kappa shape index (κ2) is 6.04. The average Bonchev–Trinajstić information content (AvgIpc) is 2.79. The summed E-state index contributed by atoms with van der Waals surface area (Å²) in [4.78, 5) is 16.9. The maximum absolute atomic E-state index is 12.1. The predicted octanol–water partition coefficient (Wildman–Crippen LogP) is 3.08. The summed E-state index contributed by atoms with van der Waals surface area (Å²) in [5.74, 6) is -0.128. The largest absolute Gasteiger partial charge is 0.365 e. The standard InChI is InChI=1S/C13H14ClN3OS/c1-8-11(19-13(15-2)17-8)12(18)16-7-9-5-3-4-6-10(9)14/h3-6H,7H2,1-2H3,(H,15,17)(H,16,18). The zero-order valence-corrected chi connectivity index (χ0v) is 12.2. The molecule has 0 aliphatic carbocycles. The molecule has 0 fully saturated rings. The number of thiazole rings is 1. The number of nitrogens with zero attached hydrogens (tertiary/aromatic N) is 1. The molecule has 0 bridgehead atoms. The van der Waals surface area contributed by atoms with Gasteiger partial charge in [-0.2, -0.15) is 0 Å². The Morgan fingerprint density at radius 2 is 2.16 bits per heavy atom. The van der Waals surface area contributed by atoms with Crippen LogP contribution in [0.2, 0.25) is 5.02 Å².